The van der Waals surface area contributed by atoms with Crippen molar-refractivity contribution >= 4 is 17.9 Å². The summed E-state index contributed by atoms with van der Waals surface area (Å²) in [4.78, 5) is 24.2. The van der Waals surface area contributed by atoms with E-state index in [4.69, 9.17) is 10.5 Å². The zero-order valence-corrected chi connectivity index (χ0v) is 16.9. The maximum Gasteiger partial charge on any atom is 0.416 e. The highest BCUT2D eigenvalue weighted by molar-refractivity contribution is 6.04. The first-order valence-corrected chi connectivity index (χ1v) is 9.46. The number of nitrogens with two attached hydrogens (primary N) is 1. The summed E-state index contributed by atoms with van der Waals surface area (Å²) in [6.45, 7) is 1.96. The van der Waals surface area contributed by atoms with Gasteiger partial charge in [-0.25, -0.2) is 0 Å². The zero-order chi connectivity index (χ0) is 23.3. The van der Waals surface area contributed by atoms with Crippen molar-refractivity contribution in [3.05, 3.63) is 101 Å². The summed E-state index contributed by atoms with van der Waals surface area (Å²) in [6, 6.07) is 17.8. The summed E-state index contributed by atoms with van der Waals surface area (Å²) in [5.74, 6) is -0.547. The second-order valence-corrected chi connectivity index (χ2v) is 6.94. The number of hydrogen-bond donors (Lipinski definition) is 2. The molecule has 0 aliphatic rings. The molecule has 0 saturated heterocycles. The van der Waals surface area contributed by atoms with Gasteiger partial charge in [-0.2, -0.15) is 13.2 Å². The van der Waals surface area contributed by atoms with Gasteiger partial charge in [0.1, 0.15) is 17.2 Å². The molecule has 0 saturated carbocycles. The van der Waals surface area contributed by atoms with Crippen LogP contribution >= 0.6 is 0 Å². The van der Waals surface area contributed by atoms with E-state index in [-0.39, 0.29) is 11.3 Å². The molecule has 0 spiro atoms. The number of carbonyl (C=O) groups is 2. The predicted octanol–water partition coefficient (Wildman–Crippen LogP) is 5.06. The van der Waals surface area contributed by atoms with E-state index in [1.807, 2.05) is 31.2 Å². The summed E-state index contributed by atoms with van der Waals surface area (Å²) in [5, 5.41) is 2.34. The lowest BCUT2D eigenvalue weighted by atomic mass is 10.1. The Morgan fingerprint density at radius 3 is 2.19 bits per heavy atom. The van der Waals surface area contributed by atoms with Gasteiger partial charge in [0.05, 0.1) is 5.56 Å². The number of carbonyl (C=O) groups excluding carboxylic acids is 2. The monoisotopic (exact) mass is 440 g/mol. The molecular weight excluding hydrogens is 421 g/mol. The molecule has 5 nitrogen and oxygen atoms in total. The topological polar surface area (TPSA) is 81.4 Å². The van der Waals surface area contributed by atoms with Gasteiger partial charge < -0.3 is 15.8 Å². The molecule has 2 amide bonds. The molecule has 0 heterocycles. The first-order valence-electron chi connectivity index (χ1n) is 9.46. The largest absolute Gasteiger partial charge is 0.457 e. The third kappa shape index (κ3) is 5.98. The molecule has 0 unspecified atom stereocenters. The fourth-order valence-corrected chi connectivity index (χ4v) is 2.75. The Morgan fingerprint density at radius 1 is 0.938 bits per heavy atom. The molecule has 3 aromatic carbocycles. The second-order valence-electron chi connectivity index (χ2n) is 6.94. The summed E-state index contributed by atoms with van der Waals surface area (Å²) >= 11 is 0. The van der Waals surface area contributed by atoms with Crippen molar-refractivity contribution in [1.29, 1.82) is 0 Å². The van der Waals surface area contributed by atoms with Crippen LogP contribution in [0.4, 0.5) is 13.2 Å². The number of benzene rings is 3. The molecule has 0 atom stereocenters. The Morgan fingerprint density at radius 2 is 1.59 bits per heavy atom. The van der Waals surface area contributed by atoms with E-state index in [0.29, 0.717) is 17.1 Å². The SMILES string of the molecule is Cc1ccc(Oc2cccc(/C=C(/NC(=O)c3ccc(C(F)(F)F)cc3)C(N)=O)c2)cc1. The Kier molecular flexibility index (Phi) is 6.63. The van der Waals surface area contributed by atoms with Crippen molar-refractivity contribution in [2.45, 2.75) is 13.1 Å². The Balaban J connectivity index is 1.78. The molecule has 3 N–H and O–H groups in total. The van der Waals surface area contributed by atoms with E-state index >= 15 is 0 Å². The van der Waals surface area contributed by atoms with Crippen LogP contribution in [0.1, 0.15) is 27.0 Å². The number of hydrogen-bond acceptors (Lipinski definition) is 3. The van der Waals surface area contributed by atoms with E-state index < -0.39 is 23.6 Å². The third-order valence-electron chi connectivity index (χ3n) is 4.41. The van der Waals surface area contributed by atoms with Gasteiger partial charge in [-0.1, -0.05) is 29.8 Å². The lowest BCUT2D eigenvalue weighted by Gasteiger charge is -2.10. The van der Waals surface area contributed by atoms with Gasteiger partial charge in [0.2, 0.25) is 0 Å². The molecule has 8 heteroatoms. The van der Waals surface area contributed by atoms with Crippen molar-refractivity contribution < 1.29 is 27.5 Å². The number of rotatable bonds is 6. The van der Waals surface area contributed by atoms with E-state index in [9.17, 15) is 22.8 Å². The first-order chi connectivity index (χ1) is 15.1. The lowest BCUT2D eigenvalue weighted by Crippen LogP contribution is -2.31. The fraction of sp³-hybridized carbons (Fsp3) is 0.0833. The Hall–Kier alpha value is -4.07. The molecule has 0 aliphatic carbocycles. The number of primary amides is 1. The van der Waals surface area contributed by atoms with Crippen LogP contribution in [0.25, 0.3) is 6.08 Å². The molecule has 0 aromatic heterocycles. The lowest BCUT2D eigenvalue weighted by molar-refractivity contribution is -0.137. The number of alkyl halides is 3. The average molecular weight is 440 g/mol. The Bertz CT molecular complexity index is 1150. The van der Waals surface area contributed by atoms with Crippen LogP contribution < -0.4 is 15.8 Å². The summed E-state index contributed by atoms with van der Waals surface area (Å²) in [6.07, 6.45) is -3.16. The van der Waals surface area contributed by atoms with Crippen molar-refractivity contribution in [2.75, 3.05) is 0 Å². The number of amides is 2. The maximum atomic E-state index is 12.7. The van der Waals surface area contributed by atoms with Gasteiger partial charge >= 0.3 is 6.18 Å². The minimum Gasteiger partial charge on any atom is -0.457 e. The highest BCUT2D eigenvalue weighted by atomic mass is 19.4. The van der Waals surface area contributed by atoms with E-state index in [1.165, 1.54) is 6.08 Å². The molecular formula is C24H19F3N2O3. The fourth-order valence-electron chi connectivity index (χ4n) is 2.75. The number of aryl methyl sites for hydroxylation is 1. The number of halogens is 3. The van der Waals surface area contributed by atoms with Crippen molar-refractivity contribution in [3.63, 3.8) is 0 Å². The second kappa shape index (κ2) is 9.38. The summed E-state index contributed by atoms with van der Waals surface area (Å²) in [7, 11) is 0. The summed E-state index contributed by atoms with van der Waals surface area (Å²) < 4.78 is 43.8. The molecule has 32 heavy (non-hydrogen) atoms. The van der Waals surface area contributed by atoms with Crippen LogP contribution in [0.15, 0.2) is 78.5 Å². The van der Waals surface area contributed by atoms with Crippen LogP contribution in [0.5, 0.6) is 11.5 Å². The molecule has 0 radical (unpaired) electrons. The smallest absolute Gasteiger partial charge is 0.416 e. The van der Waals surface area contributed by atoms with Gasteiger partial charge in [0.25, 0.3) is 11.8 Å². The normalized spacial score (nSPS) is 11.7. The molecule has 164 valence electrons. The van der Waals surface area contributed by atoms with Crippen LogP contribution in [0.3, 0.4) is 0 Å². The van der Waals surface area contributed by atoms with Crippen molar-refractivity contribution in [1.82, 2.24) is 5.32 Å². The zero-order valence-electron chi connectivity index (χ0n) is 16.9. The van der Waals surface area contributed by atoms with Gasteiger partial charge in [-0.05, 0) is 67.1 Å². The minimum absolute atomic E-state index is 0.0541. The molecule has 0 fully saturated rings. The first kappa shape index (κ1) is 22.6. The van der Waals surface area contributed by atoms with E-state index in [1.54, 1.807) is 24.3 Å². The quantitative estimate of drug-likeness (QED) is 0.526. The van der Waals surface area contributed by atoms with Gasteiger partial charge in [-0.3, -0.25) is 9.59 Å². The molecule has 3 rings (SSSR count). The van der Waals surface area contributed by atoms with E-state index in [0.717, 1.165) is 29.8 Å². The Labute approximate surface area is 182 Å². The average Bonchev–Trinajstić information content (AvgIpc) is 2.74. The molecule has 0 bridgehead atoms. The highest BCUT2D eigenvalue weighted by Crippen LogP contribution is 2.29. The minimum atomic E-state index is -4.51. The van der Waals surface area contributed by atoms with Crippen LogP contribution in [-0.4, -0.2) is 11.8 Å². The third-order valence-corrected chi connectivity index (χ3v) is 4.41. The number of ether oxygens (including phenoxy) is 1. The van der Waals surface area contributed by atoms with Crippen LogP contribution in [-0.2, 0) is 11.0 Å². The van der Waals surface area contributed by atoms with Crippen LogP contribution in [0.2, 0.25) is 0 Å². The number of nitrogens with one attached hydrogen (secondary N) is 1. The van der Waals surface area contributed by atoms with Gasteiger partial charge in [0.15, 0.2) is 0 Å². The molecule has 3 aromatic rings. The van der Waals surface area contributed by atoms with Gasteiger partial charge in [0, 0.05) is 5.56 Å². The standard InChI is InChI=1S/C24H19F3N2O3/c1-15-5-11-19(12-6-15)32-20-4-2-3-16(13-20)14-21(22(28)30)29-23(31)17-7-9-18(10-8-17)24(25,26)27/h2-14H,1H3,(H2,28,30)(H,29,31)/b21-14+. The van der Waals surface area contributed by atoms with Crippen LogP contribution in [0, 0.1) is 6.92 Å². The predicted molar refractivity (Wildman–Crippen MR) is 114 cm³/mol. The maximum absolute atomic E-state index is 12.7. The molecule has 0 aliphatic heterocycles. The van der Waals surface area contributed by atoms with E-state index in [2.05, 4.69) is 5.32 Å². The highest BCUT2D eigenvalue weighted by Gasteiger charge is 2.30. The summed E-state index contributed by atoms with van der Waals surface area (Å²) in [5.41, 5.74) is 5.82. The van der Waals surface area contributed by atoms with Gasteiger partial charge in [-0.15, -0.1) is 0 Å². The van der Waals surface area contributed by atoms with Crippen molar-refractivity contribution in [3.8, 4) is 11.5 Å². The van der Waals surface area contributed by atoms with Crippen molar-refractivity contribution in [2.24, 2.45) is 5.73 Å².